The lowest BCUT2D eigenvalue weighted by Gasteiger charge is -2.12. The largest absolute Gasteiger partial charge is 0.464 e. The molecule has 1 heterocycles. The monoisotopic (exact) mass is 314 g/mol. The Morgan fingerprint density at radius 2 is 1.83 bits per heavy atom. The maximum absolute atomic E-state index is 11.9. The number of aryl methyl sites for hydroxylation is 1. The van der Waals surface area contributed by atoms with Gasteiger partial charge in [-0.3, -0.25) is 9.59 Å². The Morgan fingerprint density at radius 3 is 2.48 bits per heavy atom. The van der Waals surface area contributed by atoms with Crippen molar-refractivity contribution in [3.8, 4) is 0 Å². The molecule has 0 aliphatic heterocycles. The lowest BCUT2D eigenvalue weighted by atomic mass is 10.1. The summed E-state index contributed by atoms with van der Waals surface area (Å²) in [5.41, 5.74) is 0.955. The average Bonchev–Trinajstić information content (AvgIpc) is 2.95. The summed E-state index contributed by atoms with van der Waals surface area (Å²) < 4.78 is 5.47. The number of amides is 2. The number of nitrogens with one attached hydrogen (secondary N) is 2. The minimum absolute atomic E-state index is 0.0845. The van der Waals surface area contributed by atoms with E-state index in [1.54, 1.807) is 0 Å². The van der Waals surface area contributed by atoms with Gasteiger partial charge < -0.3 is 15.1 Å². The summed E-state index contributed by atoms with van der Waals surface area (Å²) in [5, 5.41) is 5.60. The second-order valence-electron chi connectivity index (χ2n) is 5.50. The van der Waals surface area contributed by atoms with Crippen molar-refractivity contribution < 1.29 is 14.0 Å². The Morgan fingerprint density at radius 1 is 1.09 bits per heavy atom. The van der Waals surface area contributed by atoms with Gasteiger partial charge in [0.25, 0.3) is 0 Å². The molecule has 0 saturated heterocycles. The second-order valence-corrected chi connectivity index (χ2v) is 5.50. The van der Waals surface area contributed by atoms with E-state index in [0.29, 0.717) is 13.0 Å². The van der Waals surface area contributed by atoms with Gasteiger partial charge in [-0.15, -0.1) is 0 Å². The lowest BCUT2D eigenvalue weighted by molar-refractivity contribution is -0.122. The van der Waals surface area contributed by atoms with Crippen molar-refractivity contribution in [3.63, 3.8) is 0 Å². The average molecular weight is 314 g/mol. The molecule has 5 heteroatoms. The molecule has 0 spiro atoms. The smallest absolute Gasteiger partial charge is 0.224 e. The Labute approximate surface area is 136 Å². The van der Waals surface area contributed by atoms with E-state index in [0.717, 1.165) is 17.1 Å². The first kappa shape index (κ1) is 16.8. The molecular weight excluding hydrogens is 292 g/mol. The molecule has 0 bridgehead atoms. The maximum atomic E-state index is 11.9. The second kappa shape index (κ2) is 8.17. The van der Waals surface area contributed by atoms with Crippen LogP contribution in [0.4, 0.5) is 0 Å². The third-order valence-corrected chi connectivity index (χ3v) is 3.45. The van der Waals surface area contributed by atoms with Gasteiger partial charge in [0, 0.05) is 13.0 Å². The van der Waals surface area contributed by atoms with Crippen LogP contribution in [0.25, 0.3) is 0 Å². The zero-order valence-corrected chi connectivity index (χ0v) is 13.5. The van der Waals surface area contributed by atoms with E-state index < -0.39 is 0 Å². The fourth-order valence-electron chi connectivity index (χ4n) is 2.23. The predicted octanol–water partition coefficient (Wildman–Crippen LogP) is 2.51. The summed E-state index contributed by atoms with van der Waals surface area (Å²) in [6.45, 7) is 4.05. The fourth-order valence-corrected chi connectivity index (χ4v) is 2.23. The summed E-state index contributed by atoms with van der Waals surface area (Å²) >= 11 is 0. The van der Waals surface area contributed by atoms with Crippen molar-refractivity contribution in [1.29, 1.82) is 0 Å². The van der Waals surface area contributed by atoms with Gasteiger partial charge in [0.1, 0.15) is 11.5 Å². The molecule has 0 saturated carbocycles. The molecule has 1 aromatic carbocycles. The van der Waals surface area contributed by atoms with Crippen LogP contribution in [0.3, 0.4) is 0 Å². The van der Waals surface area contributed by atoms with Crippen LogP contribution in [-0.4, -0.2) is 18.4 Å². The quantitative estimate of drug-likeness (QED) is 0.825. The number of hydrogen-bond acceptors (Lipinski definition) is 3. The third kappa shape index (κ3) is 5.62. The van der Waals surface area contributed by atoms with Crippen LogP contribution >= 0.6 is 0 Å². The summed E-state index contributed by atoms with van der Waals surface area (Å²) in [7, 11) is 0. The highest BCUT2D eigenvalue weighted by atomic mass is 16.3. The van der Waals surface area contributed by atoms with Gasteiger partial charge in [-0.1, -0.05) is 30.3 Å². The van der Waals surface area contributed by atoms with E-state index in [1.165, 1.54) is 0 Å². The van der Waals surface area contributed by atoms with Gasteiger partial charge in [-0.25, -0.2) is 0 Å². The van der Waals surface area contributed by atoms with Crippen molar-refractivity contribution in [2.24, 2.45) is 0 Å². The molecule has 1 unspecified atom stereocenters. The molecule has 2 aromatic rings. The molecule has 5 nitrogen and oxygen atoms in total. The minimum Gasteiger partial charge on any atom is -0.464 e. The molecule has 1 atom stereocenters. The molecule has 0 aliphatic rings. The minimum atomic E-state index is -0.184. The van der Waals surface area contributed by atoms with E-state index in [4.69, 9.17) is 4.42 Å². The highest BCUT2D eigenvalue weighted by molar-refractivity contribution is 5.80. The molecular formula is C18H22N2O3. The predicted molar refractivity (Wildman–Crippen MR) is 87.8 cm³/mol. The number of benzene rings is 1. The van der Waals surface area contributed by atoms with Gasteiger partial charge in [0.05, 0.1) is 12.5 Å². The van der Waals surface area contributed by atoms with E-state index in [2.05, 4.69) is 10.6 Å². The summed E-state index contributed by atoms with van der Waals surface area (Å²) in [4.78, 5) is 23.7. The Kier molecular flexibility index (Phi) is 5.97. The maximum Gasteiger partial charge on any atom is 0.224 e. The van der Waals surface area contributed by atoms with Gasteiger partial charge in [-0.2, -0.15) is 0 Å². The van der Waals surface area contributed by atoms with Crippen molar-refractivity contribution in [1.82, 2.24) is 10.6 Å². The molecule has 122 valence electrons. The van der Waals surface area contributed by atoms with E-state index in [-0.39, 0.29) is 24.3 Å². The van der Waals surface area contributed by atoms with Crippen molar-refractivity contribution in [2.45, 2.75) is 32.7 Å². The normalized spacial score (nSPS) is 11.7. The number of carbonyl (C=O) groups is 2. The highest BCUT2D eigenvalue weighted by Gasteiger charge is 2.12. The van der Waals surface area contributed by atoms with Crippen molar-refractivity contribution >= 4 is 11.8 Å². The molecule has 23 heavy (non-hydrogen) atoms. The van der Waals surface area contributed by atoms with E-state index >= 15 is 0 Å². The summed E-state index contributed by atoms with van der Waals surface area (Å²) in [6, 6.07) is 13.0. The SMILES string of the molecule is Cc1ccc(C(C)NC(=O)CCNC(=O)Cc2ccccc2)o1. The molecule has 0 aliphatic carbocycles. The molecule has 2 N–H and O–H groups in total. The fraction of sp³-hybridized carbons (Fsp3) is 0.333. The molecule has 2 rings (SSSR count). The van der Waals surface area contributed by atoms with Crippen molar-refractivity contribution in [3.05, 3.63) is 59.5 Å². The molecule has 1 aromatic heterocycles. The summed E-state index contributed by atoms with van der Waals surface area (Å²) in [5.74, 6) is 1.34. The standard InChI is InChI=1S/C18H22N2O3/c1-13-8-9-16(23-13)14(2)20-17(21)10-11-19-18(22)12-15-6-4-3-5-7-15/h3-9,14H,10-12H2,1-2H3,(H,19,22)(H,20,21). The highest BCUT2D eigenvalue weighted by Crippen LogP contribution is 2.15. The number of hydrogen-bond donors (Lipinski definition) is 2. The molecule has 0 radical (unpaired) electrons. The van der Waals surface area contributed by atoms with Crippen LogP contribution in [-0.2, 0) is 16.0 Å². The Bertz CT molecular complexity index is 649. The van der Waals surface area contributed by atoms with Crippen LogP contribution < -0.4 is 10.6 Å². The first-order valence-corrected chi connectivity index (χ1v) is 7.71. The van der Waals surface area contributed by atoms with Crippen LogP contribution in [0.15, 0.2) is 46.9 Å². The lowest BCUT2D eigenvalue weighted by Crippen LogP contribution is -2.32. The zero-order chi connectivity index (χ0) is 16.7. The van der Waals surface area contributed by atoms with Crippen LogP contribution in [0.5, 0.6) is 0 Å². The number of furan rings is 1. The third-order valence-electron chi connectivity index (χ3n) is 3.45. The van der Waals surface area contributed by atoms with Crippen LogP contribution in [0, 0.1) is 6.92 Å². The Balaban J connectivity index is 1.67. The van der Waals surface area contributed by atoms with Crippen LogP contribution in [0.2, 0.25) is 0 Å². The van der Waals surface area contributed by atoms with E-state index in [1.807, 2.05) is 56.3 Å². The van der Waals surface area contributed by atoms with E-state index in [9.17, 15) is 9.59 Å². The molecule has 0 fully saturated rings. The van der Waals surface area contributed by atoms with Gasteiger partial charge in [0.2, 0.25) is 11.8 Å². The first-order chi connectivity index (χ1) is 11.0. The summed E-state index contributed by atoms with van der Waals surface area (Å²) in [6.07, 6.45) is 0.565. The molecule has 2 amide bonds. The van der Waals surface area contributed by atoms with Crippen LogP contribution in [0.1, 0.15) is 36.5 Å². The van der Waals surface area contributed by atoms with Gasteiger partial charge in [0.15, 0.2) is 0 Å². The van der Waals surface area contributed by atoms with Gasteiger partial charge in [-0.05, 0) is 31.5 Å². The zero-order valence-electron chi connectivity index (χ0n) is 13.5. The Hall–Kier alpha value is -2.56. The first-order valence-electron chi connectivity index (χ1n) is 7.71. The topological polar surface area (TPSA) is 71.3 Å². The van der Waals surface area contributed by atoms with Gasteiger partial charge >= 0.3 is 0 Å². The number of rotatable bonds is 7. The number of carbonyl (C=O) groups excluding carboxylic acids is 2. The van der Waals surface area contributed by atoms with Crippen molar-refractivity contribution in [2.75, 3.05) is 6.54 Å².